The fourth-order valence-electron chi connectivity index (χ4n) is 1.01. The van der Waals surface area contributed by atoms with Crippen LogP contribution in [0, 0.1) is 0 Å². The topological polar surface area (TPSA) is 38.3 Å². The van der Waals surface area contributed by atoms with E-state index in [0.29, 0.717) is 11.6 Å². The summed E-state index contributed by atoms with van der Waals surface area (Å²) in [4.78, 5) is 11.1. The molecule has 15 heavy (non-hydrogen) atoms. The number of nitrogens with one attached hydrogen (secondary N) is 1. The minimum atomic E-state index is -0.278. The van der Waals surface area contributed by atoms with Crippen LogP contribution < -0.4 is 5.32 Å². The Morgan fingerprint density at radius 1 is 1.60 bits per heavy atom. The van der Waals surface area contributed by atoms with Gasteiger partial charge in [0.2, 0.25) is 0 Å². The van der Waals surface area contributed by atoms with Crippen molar-refractivity contribution in [3.05, 3.63) is 27.7 Å². The number of carbonyl (C=O) groups is 1. The average Bonchev–Trinajstić information content (AvgIpc) is 2.17. The van der Waals surface area contributed by atoms with Gasteiger partial charge in [-0.1, -0.05) is 11.6 Å². The molecule has 1 N–H and O–H groups in total. The summed E-state index contributed by atoms with van der Waals surface area (Å²) in [5.41, 5.74) is 0.812. The number of benzene rings is 1. The van der Waals surface area contributed by atoms with Crippen LogP contribution in [0.1, 0.15) is 6.92 Å². The molecule has 0 unspecified atom stereocenters. The molecule has 0 spiro atoms. The molecule has 0 saturated heterocycles. The van der Waals surface area contributed by atoms with Crippen LogP contribution in [-0.2, 0) is 9.53 Å². The van der Waals surface area contributed by atoms with Gasteiger partial charge in [0.15, 0.2) is 0 Å². The van der Waals surface area contributed by atoms with Crippen LogP contribution in [0.4, 0.5) is 5.69 Å². The summed E-state index contributed by atoms with van der Waals surface area (Å²) in [6, 6.07) is 5.31. The summed E-state index contributed by atoms with van der Waals surface area (Å²) in [6.07, 6.45) is 0. The Bertz CT molecular complexity index is 357. The highest BCUT2D eigenvalue weighted by atomic mass is 79.9. The van der Waals surface area contributed by atoms with Gasteiger partial charge in [-0.2, -0.15) is 0 Å². The van der Waals surface area contributed by atoms with Crippen LogP contribution in [0.15, 0.2) is 22.7 Å². The molecule has 0 aliphatic heterocycles. The summed E-state index contributed by atoms with van der Waals surface area (Å²) in [5, 5.41) is 3.59. The van der Waals surface area contributed by atoms with Crippen molar-refractivity contribution >= 4 is 39.2 Å². The molecule has 0 amide bonds. The maximum absolute atomic E-state index is 11.1. The van der Waals surface area contributed by atoms with Crippen LogP contribution in [0.25, 0.3) is 0 Å². The summed E-state index contributed by atoms with van der Waals surface area (Å²) in [7, 11) is 0. The number of hydrogen-bond acceptors (Lipinski definition) is 3. The summed E-state index contributed by atoms with van der Waals surface area (Å²) in [6.45, 7) is 2.31. The first kappa shape index (κ1) is 12.3. The maximum Gasteiger partial charge on any atom is 0.325 e. The number of carbonyl (C=O) groups excluding carboxylic acids is 1. The molecule has 0 bridgehead atoms. The Kier molecular flexibility index (Phi) is 4.91. The smallest absolute Gasteiger partial charge is 0.325 e. The third-order valence-electron chi connectivity index (χ3n) is 1.66. The highest BCUT2D eigenvalue weighted by Gasteiger charge is 2.04. The normalized spacial score (nSPS) is 9.80. The van der Waals surface area contributed by atoms with Crippen LogP contribution in [0.3, 0.4) is 0 Å². The summed E-state index contributed by atoms with van der Waals surface area (Å²) >= 11 is 9.12. The molecule has 0 fully saturated rings. The second kappa shape index (κ2) is 5.98. The van der Waals surface area contributed by atoms with Crippen molar-refractivity contribution < 1.29 is 9.53 Å². The Balaban J connectivity index is 2.54. The van der Waals surface area contributed by atoms with E-state index in [9.17, 15) is 4.79 Å². The SMILES string of the molecule is CCOC(=O)CNc1ccc(Cl)cc1Br. The molecule has 0 aliphatic carbocycles. The highest BCUT2D eigenvalue weighted by Crippen LogP contribution is 2.25. The van der Waals surface area contributed by atoms with E-state index in [1.165, 1.54) is 0 Å². The standard InChI is InChI=1S/C10H11BrClNO2/c1-2-15-10(14)6-13-9-4-3-7(12)5-8(9)11/h3-5,13H,2,6H2,1H3. The van der Waals surface area contributed by atoms with Crippen LogP contribution in [0.2, 0.25) is 5.02 Å². The lowest BCUT2D eigenvalue weighted by molar-refractivity contribution is -0.140. The number of ether oxygens (including phenoxy) is 1. The van der Waals surface area contributed by atoms with E-state index >= 15 is 0 Å². The highest BCUT2D eigenvalue weighted by molar-refractivity contribution is 9.10. The first-order chi connectivity index (χ1) is 7.13. The van der Waals surface area contributed by atoms with Crippen molar-refractivity contribution in [3.63, 3.8) is 0 Å². The number of esters is 1. The molecule has 82 valence electrons. The molecule has 0 aliphatic rings. The van der Waals surface area contributed by atoms with Gasteiger partial charge in [0.05, 0.1) is 6.61 Å². The zero-order chi connectivity index (χ0) is 11.3. The molecule has 0 atom stereocenters. The van der Waals surface area contributed by atoms with Crippen molar-refractivity contribution in [3.8, 4) is 0 Å². The third-order valence-corrected chi connectivity index (χ3v) is 2.55. The van der Waals surface area contributed by atoms with E-state index in [0.717, 1.165) is 10.2 Å². The Labute approximate surface area is 102 Å². The first-order valence-electron chi connectivity index (χ1n) is 4.48. The Morgan fingerprint density at radius 3 is 2.93 bits per heavy atom. The van der Waals surface area contributed by atoms with Gasteiger partial charge in [0, 0.05) is 15.2 Å². The van der Waals surface area contributed by atoms with Gasteiger partial charge in [-0.3, -0.25) is 4.79 Å². The molecular weight excluding hydrogens is 281 g/mol. The van der Waals surface area contributed by atoms with Gasteiger partial charge >= 0.3 is 5.97 Å². The molecule has 1 rings (SSSR count). The van der Waals surface area contributed by atoms with E-state index in [-0.39, 0.29) is 12.5 Å². The summed E-state index contributed by atoms with van der Waals surface area (Å²) in [5.74, 6) is -0.278. The van der Waals surface area contributed by atoms with Crippen molar-refractivity contribution in [1.82, 2.24) is 0 Å². The molecule has 0 heterocycles. The molecule has 1 aromatic carbocycles. The maximum atomic E-state index is 11.1. The molecular formula is C10H11BrClNO2. The quantitative estimate of drug-likeness (QED) is 0.867. The number of hydrogen-bond donors (Lipinski definition) is 1. The van der Waals surface area contributed by atoms with Gasteiger partial charge in [-0.25, -0.2) is 0 Å². The van der Waals surface area contributed by atoms with Gasteiger partial charge < -0.3 is 10.1 Å². The monoisotopic (exact) mass is 291 g/mol. The molecule has 0 radical (unpaired) electrons. The molecule has 5 heteroatoms. The average molecular weight is 293 g/mol. The minimum Gasteiger partial charge on any atom is -0.465 e. The van der Waals surface area contributed by atoms with Crippen molar-refractivity contribution in [2.24, 2.45) is 0 Å². The van der Waals surface area contributed by atoms with Crippen molar-refractivity contribution in [2.45, 2.75) is 6.92 Å². The number of rotatable bonds is 4. The van der Waals surface area contributed by atoms with Gasteiger partial charge in [0.1, 0.15) is 6.54 Å². The lowest BCUT2D eigenvalue weighted by atomic mass is 10.3. The van der Waals surface area contributed by atoms with Gasteiger partial charge in [0.25, 0.3) is 0 Å². The van der Waals surface area contributed by atoms with Crippen molar-refractivity contribution in [1.29, 1.82) is 0 Å². The lowest BCUT2D eigenvalue weighted by Crippen LogP contribution is -2.16. The largest absolute Gasteiger partial charge is 0.465 e. The number of anilines is 1. The van der Waals surface area contributed by atoms with Crippen LogP contribution >= 0.6 is 27.5 Å². The second-order valence-electron chi connectivity index (χ2n) is 2.78. The van der Waals surface area contributed by atoms with Crippen molar-refractivity contribution in [2.75, 3.05) is 18.5 Å². The molecule has 1 aromatic rings. The minimum absolute atomic E-state index is 0.147. The summed E-state index contributed by atoms with van der Waals surface area (Å²) < 4.78 is 5.60. The first-order valence-corrected chi connectivity index (χ1v) is 5.65. The van der Waals surface area contributed by atoms with E-state index in [2.05, 4.69) is 21.2 Å². The second-order valence-corrected chi connectivity index (χ2v) is 4.07. The lowest BCUT2D eigenvalue weighted by Gasteiger charge is -2.07. The molecule has 0 aromatic heterocycles. The van der Waals surface area contributed by atoms with E-state index < -0.39 is 0 Å². The zero-order valence-corrected chi connectivity index (χ0v) is 10.6. The fraction of sp³-hybridized carbons (Fsp3) is 0.300. The van der Waals surface area contributed by atoms with E-state index in [4.69, 9.17) is 16.3 Å². The zero-order valence-electron chi connectivity index (χ0n) is 8.22. The Morgan fingerprint density at radius 2 is 2.33 bits per heavy atom. The third kappa shape index (κ3) is 4.10. The molecule has 0 saturated carbocycles. The van der Waals surface area contributed by atoms with Gasteiger partial charge in [-0.05, 0) is 41.1 Å². The fourth-order valence-corrected chi connectivity index (χ4v) is 1.84. The number of halogens is 2. The van der Waals surface area contributed by atoms with E-state index in [1.54, 1.807) is 25.1 Å². The van der Waals surface area contributed by atoms with Crippen LogP contribution in [0.5, 0.6) is 0 Å². The molecule has 3 nitrogen and oxygen atoms in total. The van der Waals surface area contributed by atoms with Crippen LogP contribution in [-0.4, -0.2) is 19.1 Å². The van der Waals surface area contributed by atoms with E-state index in [1.807, 2.05) is 0 Å². The Hall–Kier alpha value is -0.740. The van der Waals surface area contributed by atoms with Gasteiger partial charge in [-0.15, -0.1) is 0 Å². The predicted molar refractivity (Wildman–Crippen MR) is 64.3 cm³/mol. The predicted octanol–water partition coefficient (Wildman–Crippen LogP) is 3.08.